The van der Waals surface area contributed by atoms with E-state index in [1.807, 2.05) is 0 Å². The molecule has 2 N–H and O–H groups in total. The molecule has 13 nitrogen and oxygen atoms in total. The Morgan fingerprint density at radius 2 is 1.93 bits per heavy atom. The summed E-state index contributed by atoms with van der Waals surface area (Å²) < 4.78 is 45.9. The fourth-order valence-corrected chi connectivity index (χ4v) is 4.83. The van der Waals surface area contributed by atoms with Crippen molar-refractivity contribution in [3.8, 4) is 11.3 Å². The Labute approximate surface area is 228 Å². The number of halogens is 3. The summed E-state index contributed by atoms with van der Waals surface area (Å²) in [7, 11) is 1.53. The van der Waals surface area contributed by atoms with Gasteiger partial charge in [-0.05, 0) is 31.9 Å². The summed E-state index contributed by atoms with van der Waals surface area (Å²) in [6.07, 6.45) is -1.77. The molecule has 1 amide bonds. The average Bonchev–Trinajstić information content (AvgIpc) is 3.45. The van der Waals surface area contributed by atoms with Crippen molar-refractivity contribution in [2.75, 3.05) is 22.2 Å². The van der Waals surface area contributed by atoms with E-state index in [9.17, 15) is 27.6 Å². The van der Waals surface area contributed by atoms with Crippen LogP contribution in [0, 0.1) is 6.92 Å². The van der Waals surface area contributed by atoms with E-state index in [1.165, 1.54) is 17.7 Å². The molecule has 0 unspecified atom stereocenters. The van der Waals surface area contributed by atoms with Crippen molar-refractivity contribution in [1.82, 2.24) is 29.2 Å². The molecule has 1 aliphatic carbocycles. The average molecular weight is 570 g/mol. The van der Waals surface area contributed by atoms with Gasteiger partial charge in [0.25, 0.3) is 11.5 Å². The lowest BCUT2D eigenvalue weighted by Crippen LogP contribution is -2.49. The summed E-state index contributed by atoms with van der Waals surface area (Å²) in [5, 5.41) is 9.69. The fraction of sp³-hybridized carbons (Fsp3) is 0.320. The molecule has 212 valence electrons. The third kappa shape index (κ3) is 4.50. The van der Waals surface area contributed by atoms with E-state index in [0.717, 1.165) is 17.0 Å². The van der Waals surface area contributed by atoms with E-state index < -0.39 is 34.7 Å². The normalized spacial score (nSPS) is 15.4. The molecule has 6 rings (SSSR count). The Bertz CT molecular complexity index is 1790. The Morgan fingerprint density at radius 1 is 1.20 bits per heavy atom. The van der Waals surface area contributed by atoms with Crippen LogP contribution in [-0.4, -0.2) is 47.4 Å². The minimum atomic E-state index is -4.67. The number of pyridine rings is 1. The first-order chi connectivity index (χ1) is 19.5. The zero-order chi connectivity index (χ0) is 29.1. The van der Waals surface area contributed by atoms with Gasteiger partial charge in [-0.1, -0.05) is 11.2 Å². The highest BCUT2D eigenvalue weighted by molar-refractivity contribution is 6.03. The van der Waals surface area contributed by atoms with E-state index in [0.29, 0.717) is 30.1 Å². The number of rotatable bonds is 6. The van der Waals surface area contributed by atoms with Crippen LogP contribution < -0.4 is 26.8 Å². The Morgan fingerprint density at radius 3 is 2.56 bits per heavy atom. The number of nitrogens with zero attached hydrogens (tertiary/aromatic N) is 7. The van der Waals surface area contributed by atoms with Gasteiger partial charge in [-0.3, -0.25) is 18.7 Å². The van der Waals surface area contributed by atoms with Crippen LogP contribution in [0.3, 0.4) is 0 Å². The zero-order valence-electron chi connectivity index (χ0n) is 21.7. The van der Waals surface area contributed by atoms with Crippen molar-refractivity contribution in [3.05, 3.63) is 74.8 Å². The number of nitrogens with one attached hydrogen (secondary N) is 2. The van der Waals surface area contributed by atoms with Crippen LogP contribution in [0.4, 0.5) is 30.5 Å². The molecule has 0 saturated heterocycles. The molecule has 16 heteroatoms. The molecule has 4 aromatic rings. The van der Waals surface area contributed by atoms with Crippen LogP contribution >= 0.6 is 0 Å². The van der Waals surface area contributed by atoms with Gasteiger partial charge in [-0.15, -0.1) is 0 Å². The largest absolute Gasteiger partial charge is 0.451 e. The van der Waals surface area contributed by atoms with Gasteiger partial charge in [0.05, 0.1) is 18.9 Å². The lowest BCUT2D eigenvalue weighted by molar-refractivity contribution is -0.145. The number of alkyl halides is 3. The highest BCUT2D eigenvalue weighted by Gasteiger charge is 2.57. The van der Waals surface area contributed by atoms with Crippen molar-refractivity contribution in [2.24, 2.45) is 7.05 Å². The number of hydrogen-bond donors (Lipinski definition) is 2. The number of amides is 1. The maximum atomic E-state index is 13.6. The number of carbonyl (C=O) groups excluding carboxylic acids is 1. The fourth-order valence-electron chi connectivity index (χ4n) is 4.83. The number of hydrogen-bond acceptors (Lipinski definition) is 10. The van der Waals surface area contributed by atoms with Gasteiger partial charge in [-0.25, -0.2) is 19.7 Å². The second kappa shape index (κ2) is 9.28. The SMILES string of the molecule is Cc1cc(Cn2c(=O)c3c(n(C)c2=O)NCN3C2(C(=O)Nc3cccc(-c4cnc(C(F)(F)F)nc4)n3)CC2)no1. The standard InChI is InChI=1S/C25H22F3N9O4/c1-13-8-15(34-41-13)11-36-20(38)18-19(35(2)23(36)40)31-12-37(18)24(6-7-24)22(39)33-17-5-3-4-16(32-17)14-9-29-21(30-10-14)25(26,27)28/h3-5,8-10,31H,6-7,11-12H2,1-2H3,(H,32,33,39). The summed E-state index contributed by atoms with van der Waals surface area (Å²) in [5.74, 6) is -0.702. The summed E-state index contributed by atoms with van der Waals surface area (Å²) in [5.41, 5.74) is -1.12. The van der Waals surface area contributed by atoms with Crippen LogP contribution in [0.2, 0.25) is 0 Å². The van der Waals surface area contributed by atoms with Crippen LogP contribution in [0.5, 0.6) is 0 Å². The highest BCUT2D eigenvalue weighted by Crippen LogP contribution is 2.47. The summed E-state index contributed by atoms with van der Waals surface area (Å²) >= 11 is 0. The van der Waals surface area contributed by atoms with Gasteiger partial charge < -0.3 is 20.1 Å². The maximum Gasteiger partial charge on any atom is 0.451 e. The number of fused-ring (bicyclic) bond motifs is 1. The monoisotopic (exact) mass is 569 g/mol. The lowest BCUT2D eigenvalue weighted by atomic mass is 10.2. The summed E-state index contributed by atoms with van der Waals surface area (Å²) in [6, 6.07) is 6.30. The first-order valence-corrected chi connectivity index (χ1v) is 12.4. The second-order valence-corrected chi connectivity index (χ2v) is 9.81. The molecule has 1 fully saturated rings. The first-order valence-electron chi connectivity index (χ1n) is 12.4. The Balaban J connectivity index is 1.27. The molecular formula is C25H22F3N9O4. The molecule has 1 aliphatic heterocycles. The van der Waals surface area contributed by atoms with Gasteiger partial charge in [0.15, 0.2) is 0 Å². The van der Waals surface area contributed by atoms with E-state index in [-0.39, 0.29) is 36.0 Å². The molecular weight excluding hydrogens is 547 g/mol. The quantitative estimate of drug-likeness (QED) is 0.353. The molecule has 0 spiro atoms. The van der Waals surface area contributed by atoms with Crippen LogP contribution in [-0.2, 0) is 24.6 Å². The predicted octanol–water partition coefficient (Wildman–Crippen LogP) is 2.12. The molecule has 5 heterocycles. The summed E-state index contributed by atoms with van der Waals surface area (Å²) in [4.78, 5) is 52.8. The van der Waals surface area contributed by atoms with E-state index in [2.05, 4.69) is 30.7 Å². The highest BCUT2D eigenvalue weighted by atomic mass is 19.4. The Hall–Kier alpha value is -5.02. The topological polar surface area (TPSA) is 153 Å². The number of aryl methyl sites for hydroxylation is 1. The van der Waals surface area contributed by atoms with Crippen molar-refractivity contribution in [2.45, 2.75) is 38.0 Å². The molecule has 1 saturated carbocycles. The smallest absolute Gasteiger partial charge is 0.361 e. The minimum Gasteiger partial charge on any atom is -0.361 e. The van der Waals surface area contributed by atoms with Gasteiger partial charge in [0.2, 0.25) is 5.82 Å². The third-order valence-electron chi connectivity index (χ3n) is 7.05. The minimum absolute atomic E-state index is 0.104. The van der Waals surface area contributed by atoms with Crippen molar-refractivity contribution in [1.29, 1.82) is 0 Å². The molecule has 4 aromatic heterocycles. The van der Waals surface area contributed by atoms with Gasteiger partial charge in [0.1, 0.15) is 34.3 Å². The van der Waals surface area contributed by atoms with E-state index in [1.54, 1.807) is 30.0 Å². The molecule has 0 atom stereocenters. The van der Waals surface area contributed by atoms with Gasteiger partial charge >= 0.3 is 11.9 Å². The number of anilines is 3. The molecule has 2 aliphatic rings. The third-order valence-corrected chi connectivity index (χ3v) is 7.05. The maximum absolute atomic E-state index is 13.6. The zero-order valence-corrected chi connectivity index (χ0v) is 21.7. The van der Waals surface area contributed by atoms with Crippen molar-refractivity contribution < 1.29 is 22.5 Å². The molecule has 0 bridgehead atoms. The van der Waals surface area contributed by atoms with Gasteiger partial charge in [0, 0.05) is 31.1 Å². The predicted molar refractivity (Wildman–Crippen MR) is 138 cm³/mol. The molecule has 41 heavy (non-hydrogen) atoms. The number of aromatic nitrogens is 6. The first kappa shape index (κ1) is 26.2. The van der Waals surface area contributed by atoms with E-state index >= 15 is 0 Å². The van der Waals surface area contributed by atoms with Crippen molar-refractivity contribution >= 4 is 23.2 Å². The molecule has 0 aromatic carbocycles. The molecule has 0 radical (unpaired) electrons. The number of carbonyl (C=O) groups is 1. The van der Waals surface area contributed by atoms with Gasteiger partial charge in [-0.2, -0.15) is 13.2 Å². The van der Waals surface area contributed by atoms with Crippen LogP contribution in [0.1, 0.15) is 30.1 Å². The Kier molecular flexibility index (Phi) is 5.93. The summed E-state index contributed by atoms with van der Waals surface area (Å²) in [6.45, 7) is 1.71. The van der Waals surface area contributed by atoms with E-state index in [4.69, 9.17) is 4.52 Å². The second-order valence-electron chi connectivity index (χ2n) is 9.81. The van der Waals surface area contributed by atoms with Crippen LogP contribution in [0.15, 0.2) is 50.8 Å². The van der Waals surface area contributed by atoms with Crippen LogP contribution in [0.25, 0.3) is 11.3 Å². The lowest BCUT2D eigenvalue weighted by Gasteiger charge is -2.28. The van der Waals surface area contributed by atoms with Crippen molar-refractivity contribution in [3.63, 3.8) is 0 Å².